The second kappa shape index (κ2) is 6.24. The zero-order chi connectivity index (χ0) is 17.6. The van der Waals surface area contributed by atoms with Gasteiger partial charge in [0, 0.05) is 13.5 Å². The molecule has 0 amide bonds. The summed E-state index contributed by atoms with van der Waals surface area (Å²) in [5.41, 5.74) is 1.38. The SMILES string of the molecule is CCCCc1nc2ccc([C@H]3[C@@H]4C(=O)OC[C@@H]4ON3C)cc2c(=O)[nH]1. The summed E-state index contributed by atoms with van der Waals surface area (Å²) in [5.74, 6) is 0.104. The monoisotopic (exact) mass is 343 g/mol. The molecule has 0 unspecified atom stereocenters. The number of carbonyl (C=O) groups excluding carboxylic acids is 1. The third-order valence-electron chi connectivity index (χ3n) is 4.98. The van der Waals surface area contributed by atoms with Crippen LogP contribution in [0.4, 0.5) is 0 Å². The van der Waals surface area contributed by atoms with Crippen LogP contribution in [-0.2, 0) is 20.8 Å². The van der Waals surface area contributed by atoms with Crippen LogP contribution >= 0.6 is 0 Å². The average molecular weight is 343 g/mol. The summed E-state index contributed by atoms with van der Waals surface area (Å²) in [7, 11) is 1.80. The number of nitrogens with zero attached hydrogens (tertiary/aromatic N) is 2. The molecule has 2 fully saturated rings. The first-order chi connectivity index (χ1) is 12.1. The van der Waals surface area contributed by atoms with Gasteiger partial charge in [-0.3, -0.25) is 14.4 Å². The van der Waals surface area contributed by atoms with E-state index in [9.17, 15) is 9.59 Å². The molecule has 0 bridgehead atoms. The van der Waals surface area contributed by atoms with Crippen LogP contribution in [0.2, 0.25) is 0 Å². The Morgan fingerprint density at radius 3 is 3.00 bits per heavy atom. The van der Waals surface area contributed by atoms with Gasteiger partial charge in [-0.1, -0.05) is 19.4 Å². The number of aromatic nitrogens is 2. The number of nitrogens with one attached hydrogen (secondary N) is 1. The zero-order valence-electron chi connectivity index (χ0n) is 14.3. The lowest BCUT2D eigenvalue weighted by molar-refractivity contribution is -0.161. The van der Waals surface area contributed by atoms with Crippen molar-refractivity contribution in [3.63, 3.8) is 0 Å². The van der Waals surface area contributed by atoms with Crippen LogP contribution in [0.1, 0.15) is 37.2 Å². The molecule has 7 heteroatoms. The van der Waals surface area contributed by atoms with Crippen LogP contribution in [-0.4, -0.2) is 40.8 Å². The third kappa shape index (κ3) is 2.73. The normalized spacial score (nSPS) is 26.2. The molecule has 1 N–H and O–H groups in total. The van der Waals surface area contributed by atoms with Gasteiger partial charge in [-0.25, -0.2) is 4.98 Å². The summed E-state index contributed by atoms with van der Waals surface area (Å²) in [5, 5.41) is 2.22. The Kier molecular flexibility index (Phi) is 4.05. The van der Waals surface area contributed by atoms with E-state index in [0.717, 1.165) is 24.8 Å². The van der Waals surface area contributed by atoms with E-state index in [4.69, 9.17) is 9.57 Å². The first-order valence-corrected chi connectivity index (χ1v) is 8.67. The number of cyclic esters (lactones) is 1. The maximum absolute atomic E-state index is 12.5. The number of hydroxylamine groups is 2. The molecule has 132 valence electrons. The minimum Gasteiger partial charge on any atom is -0.462 e. The second-order valence-corrected chi connectivity index (χ2v) is 6.68. The number of ether oxygens (including phenoxy) is 1. The summed E-state index contributed by atoms with van der Waals surface area (Å²) in [6.07, 6.45) is 2.54. The molecule has 0 aliphatic carbocycles. The highest BCUT2D eigenvalue weighted by atomic mass is 16.7. The van der Waals surface area contributed by atoms with Gasteiger partial charge in [0.1, 0.15) is 24.5 Å². The van der Waals surface area contributed by atoms with Crippen LogP contribution in [0.25, 0.3) is 10.9 Å². The first kappa shape index (κ1) is 16.2. The van der Waals surface area contributed by atoms with Crippen molar-refractivity contribution in [2.45, 2.75) is 38.3 Å². The van der Waals surface area contributed by atoms with Crippen LogP contribution in [0.5, 0.6) is 0 Å². The summed E-state index contributed by atoms with van der Waals surface area (Å²) in [6.45, 7) is 2.38. The molecule has 1 aromatic carbocycles. The van der Waals surface area contributed by atoms with Gasteiger partial charge in [-0.15, -0.1) is 0 Å². The summed E-state index contributed by atoms with van der Waals surface area (Å²) >= 11 is 0. The predicted octanol–water partition coefficient (Wildman–Crippen LogP) is 1.73. The van der Waals surface area contributed by atoms with Crippen molar-refractivity contribution in [3.8, 4) is 0 Å². The fraction of sp³-hybridized carbons (Fsp3) is 0.500. The van der Waals surface area contributed by atoms with E-state index in [1.165, 1.54) is 0 Å². The molecule has 0 spiro atoms. The molecule has 3 atom stereocenters. The van der Waals surface area contributed by atoms with Gasteiger partial charge in [-0.05, 0) is 24.1 Å². The lowest BCUT2D eigenvalue weighted by Gasteiger charge is -2.21. The summed E-state index contributed by atoms with van der Waals surface area (Å²) < 4.78 is 5.11. The molecule has 2 aromatic rings. The van der Waals surface area contributed by atoms with E-state index in [2.05, 4.69) is 16.9 Å². The highest BCUT2D eigenvalue weighted by Gasteiger charge is 2.52. The molecule has 7 nitrogen and oxygen atoms in total. The molecule has 2 saturated heterocycles. The molecule has 3 heterocycles. The number of rotatable bonds is 4. The van der Waals surface area contributed by atoms with Crippen molar-refractivity contribution in [1.82, 2.24) is 15.0 Å². The maximum Gasteiger partial charge on any atom is 0.313 e. The number of fused-ring (bicyclic) bond motifs is 2. The Hall–Kier alpha value is -2.25. The van der Waals surface area contributed by atoms with E-state index >= 15 is 0 Å². The number of aryl methyl sites for hydroxylation is 1. The Morgan fingerprint density at radius 2 is 2.20 bits per heavy atom. The Morgan fingerprint density at radius 1 is 1.36 bits per heavy atom. The highest BCUT2D eigenvalue weighted by Crippen LogP contribution is 2.42. The van der Waals surface area contributed by atoms with E-state index < -0.39 is 0 Å². The van der Waals surface area contributed by atoms with Crippen molar-refractivity contribution in [2.24, 2.45) is 5.92 Å². The quantitative estimate of drug-likeness (QED) is 0.851. The number of unbranched alkanes of at least 4 members (excludes halogenated alkanes) is 1. The molecular formula is C18H21N3O4. The van der Waals surface area contributed by atoms with Crippen LogP contribution in [0.15, 0.2) is 23.0 Å². The Bertz CT molecular complexity index is 878. The summed E-state index contributed by atoms with van der Waals surface area (Å²) in [6, 6.07) is 5.31. The van der Waals surface area contributed by atoms with Gasteiger partial charge < -0.3 is 9.72 Å². The van der Waals surface area contributed by atoms with Crippen LogP contribution in [0.3, 0.4) is 0 Å². The van der Waals surface area contributed by atoms with Gasteiger partial charge in [0.05, 0.1) is 16.9 Å². The predicted molar refractivity (Wildman–Crippen MR) is 90.8 cm³/mol. The lowest BCUT2D eigenvalue weighted by Crippen LogP contribution is -2.25. The van der Waals surface area contributed by atoms with E-state index in [1.807, 2.05) is 18.2 Å². The number of benzene rings is 1. The van der Waals surface area contributed by atoms with Crippen molar-refractivity contribution in [1.29, 1.82) is 0 Å². The minimum atomic E-state index is -0.363. The van der Waals surface area contributed by atoms with E-state index in [-0.39, 0.29) is 36.2 Å². The minimum absolute atomic E-state index is 0.148. The molecule has 1 aromatic heterocycles. The number of H-pyrrole nitrogens is 1. The Labute approximate surface area is 144 Å². The average Bonchev–Trinajstić information content (AvgIpc) is 3.11. The molecule has 2 aliphatic rings. The molecule has 0 radical (unpaired) electrons. The molecule has 0 saturated carbocycles. The molecule has 25 heavy (non-hydrogen) atoms. The van der Waals surface area contributed by atoms with Gasteiger partial charge in [-0.2, -0.15) is 5.06 Å². The Balaban J connectivity index is 1.73. The van der Waals surface area contributed by atoms with Crippen molar-refractivity contribution >= 4 is 16.9 Å². The number of esters is 1. The van der Waals surface area contributed by atoms with E-state index in [1.54, 1.807) is 12.1 Å². The molecule has 4 rings (SSSR count). The van der Waals surface area contributed by atoms with Gasteiger partial charge >= 0.3 is 5.97 Å². The first-order valence-electron chi connectivity index (χ1n) is 8.67. The van der Waals surface area contributed by atoms with E-state index in [0.29, 0.717) is 16.7 Å². The van der Waals surface area contributed by atoms with Crippen LogP contribution < -0.4 is 5.56 Å². The fourth-order valence-corrected chi connectivity index (χ4v) is 3.72. The zero-order valence-corrected chi connectivity index (χ0v) is 14.3. The topological polar surface area (TPSA) is 84.5 Å². The molecule has 2 aliphatic heterocycles. The number of hydrogen-bond donors (Lipinski definition) is 1. The number of carbonyl (C=O) groups is 1. The number of aromatic amines is 1. The van der Waals surface area contributed by atoms with Gasteiger partial charge in [0.15, 0.2) is 0 Å². The standard InChI is InChI=1S/C18H21N3O4/c1-3-4-5-14-19-12-7-6-10(8-11(12)17(22)20-14)16-15-13(25-21(16)2)9-24-18(15)23/h6-8,13,15-16H,3-5,9H2,1-2H3,(H,19,20,22)/t13-,15+,16-/m0/s1. The molecular weight excluding hydrogens is 322 g/mol. The highest BCUT2D eigenvalue weighted by molar-refractivity contribution is 5.80. The van der Waals surface area contributed by atoms with Crippen LogP contribution in [0, 0.1) is 5.92 Å². The van der Waals surface area contributed by atoms with Gasteiger partial charge in [0.2, 0.25) is 0 Å². The third-order valence-corrected chi connectivity index (χ3v) is 4.98. The number of hydrogen-bond acceptors (Lipinski definition) is 6. The maximum atomic E-state index is 12.5. The van der Waals surface area contributed by atoms with Crippen molar-refractivity contribution in [2.75, 3.05) is 13.7 Å². The van der Waals surface area contributed by atoms with Gasteiger partial charge in [0.25, 0.3) is 5.56 Å². The largest absolute Gasteiger partial charge is 0.462 e. The van der Waals surface area contributed by atoms with Crippen molar-refractivity contribution < 1.29 is 14.4 Å². The second-order valence-electron chi connectivity index (χ2n) is 6.68. The fourth-order valence-electron chi connectivity index (χ4n) is 3.72. The smallest absolute Gasteiger partial charge is 0.313 e. The van der Waals surface area contributed by atoms with Crippen molar-refractivity contribution in [3.05, 3.63) is 39.9 Å². The lowest BCUT2D eigenvalue weighted by atomic mass is 9.91. The summed E-state index contributed by atoms with van der Waals surface area (Å²) in [4.78, 5) is 37.7.